The van der Waals surface area contributed by atoms with Crippen molar-refractivity contribution < 1.29 is 19.1 Å². The number of thioether (sulfide) groups is 1. The molecule has 0 radical (unpaired) electrons. The third-order valence-corrected chi connectivity index (χ3v) is 3.66. The molecule has 0 bridgehead atoms. The maximum Gasteiger partial charge on any atom is 0.316 e. The number of carbonyl (C=O) groups is 2. The van der Waals surface area contributed by atoms with Gasteiger partial charge in [-0.1, -0.05) is 26.0 Å². The number of methoxy groups -OCH3 is 1. The second kappa shape index (κ2) is 9.58. The van der Waals surface area contributed by atoms with Gasteiger partial charge in [0.25, 0.3) is 0 Å². The Morgan fingerprint density at radius 2 is 1.81 bits per heavy atom. The van der Waals surface area contributed by atoms with Gasteiger partial charge in [-0.3, -0.25) is 9.59 Å². The minimum atomic E-state index is -0.267. The van der Waals surface area contributed by atoms with Crippen molar-refractivity contribution in [3.05, 3.63) is 29.8 Å². The third-order valence-electron chi connectivity index (χ3n) is 2.68. The highest BCUT2D eigenvalue weighted by atomic mass is 32.2. The van der Waals surface area contributed by atoms with E-state index >= 15 is 0 Å². The van der Waals surface area contributed by atoms with Crippen LogP contribution in [0.3, 0.4) is 0 Å². The molecular formula is C16H22O4S. The zero-order chi connectivity index (χ0) is 15.7. The molecule has 0 saturated heterocycles. The average Bonchev–Trinajstić information content (AvgIpc) is 2.45. The van der Waals surface area contributed by atoms with Gasteiger partial charge >= 0.3 is 5.97 Å². The van der Waals surface area contributed by atoms with Crippen LogP contribution in [0.1, 0.15) is 30.6 Å². The van der Waals surface area contributed by atoms with Crippen molar-refractivity contribution in [2.24, 2.45) is 5.92 Å². The average molecular weight is 310 g/mol. The van der Waals surface area contributed by atoms with E-state index in [1.165, 1.54) is 11.8 Å². The number of hydrogen-bond donors (Lipinski definition) is 0. The molecule has 1 aromatic rings. The van der Waals surface area contributed by atoms with Gasteiger partial charge in [-0.05, 0) is 18.1 Å². The van der Waals surface area contributed by atoms with Crippen molar-refractivity contribution in [1.82, 2.24) is 0 Å². The topological polar surface area (TPSA) is 52.6 Å². The molecular weight excluding hydrogens is 288 g/mol. The third kappa shape index (κ3) is 7.29. The molecule has 0 saturated carbocycles. The van der Waals surface area contributed by atoms with Gasteiger partial charge in [0.2, 0.25) is 0 Å². The molecule has 0 aliphatic carbocycles. The molecule has 1 aromatic carbocycles. The lowest BCUT2D eigenvalue weighted by atomic mass is 10.0. The Morgan fingerprint density at radius 1 is 1.14 bits per heavy atom. The van der Waals surface area contributed by atoms with E-state index in [-0.39, 0.29) is 24.1 Å². The lowest BCUT2D eigenvalue weighted by Crippen LogP contribution is -2.11. The first kappa shape index (κ1) is 17.7. The molecule has 21 heavy (non-hydrogen) atoms. The Balaban J connectivity index is 2.40. The number of Topliss-reactive ketones (excluding diaryl/α,β-unsaturated/α-hetero) is 1. The highest BCUT2D eigenvalue weighted by Gasteiger charge is 2.09. The minimum absolute atomic E-state index is 0.153. The second-order valence-corrected chi connectivity index (χ2v) is 6.10. The molecule has 0 spiro atoms. The number of carbonyl (C=O) groups excluding carboxylic acids is 2. The second-order valence-electron chi connectivity index (χ2n) is 5.05. The molecule has 116 valence electrons. The molecule has 0 aliphatic heterocycles. The normalized spacial score (nSPS) is 10.7. The van der Waals surface area contributed by atoms with E-state index in [0.717, 1.165) is 10.5 Å². The van der Waals surface area contributed by atoms with Crippen LogP contribution in [-0.4, -0.2) is 37.8 Å². The maximum absolute atomic E-state index is 11.9. The predicted octanol–water partition coefficient (Wildman–Crippen LogP) is 3.20. The molecule has 5 heteroatoms. The van der Waals surface area contributed by atoms with Crippen molar-refractivity contribution in [3.8, 4) is 0 Å². The fourth-order valence-electron chi connectivity index (χ4n) is 1.65. The first-order valence-corrected chi connectivity index (χ1v) is 7.92. The van der Waals surface area contributed by atoms with Gasteiger partial charge in [0.15, 0.2) is 5.78 Å². The number of rotatable bonds is 9. The largest absolute Gasteiger partial charge is 0.463 e. The highest BCUT2D eigenvalue weighted by Crippen LogP contribution is 2.19. The van der Waals surface area contributed by atoms with Gasteiger partial charge in [0.1, 0.15) is 6.61 Å². The van der Waals surface area contributed by atoms with Crippen molar-refractivity contribution in [2.75, 3.05) is 26.1 Å². The van der Waals surface area contributed by atoms with Crippen molar-refractivity contribution in [1.29, 1.82) is 0 Å². The Hall–Kier alpha value is -1.33. The summed E-state index contributed by atoms with van der Waals surface area (Å²) in [5.41, 5.74) is 0.718. The van der Waals surface area contributed by atoms with Gasteiger partial charge in [0, 0.05) is 24.0 Å². The van der Waals surface area contributed by atoms with Crippen LogP contribution in [0.2, 0.25) is 0 Å². The van der Waals surface area contributed by atoms with E-state index in [4.69, 9.17) is 9.47 Å². The molecule has 0 atom stereocenters. The Bertz CT molecular complexity index is 454. The number of hydrogen-bond acceptors (Lipinski definition) is 5. The maximum atomic E-state index is 11.9. The van der Waals surface area contributed by atoms with Gasteiger partial charge < -0.3 is 9.47 Å². The van der Waals surface area contributed by atoms with Crippen LogP contribution in [0.25, 0.3) is 0 Å². The van der Waals surface area contributed by atoms with Crippen LogP contribution in [0.15, 0.2) is 29.2 Å². The quantitative estimate of drug-likeness (QED) is 0.303. The summed E-state index contributed by atoms with van der Waals surface area (Å²) in [5.74, 6) is 0.495. The fraction of sp³-hybridized carbons (Fsp3) is 0.500. The summed E-state index contributed by atoms with van der Waals surface area (Å²) in [6, 6.07) is 7.34. The SMILES string of the molecule is COCCOC(=O)CSc1ccc(C(=O)CC(C)C)cc1. The van der Waals surface area contributed by atoms with Gasteiger partial charge in [0.05, 0.1) is 12.4 Å². The number of esters is 1. The van der Waals surface area contributed by atoms with Crippen LogP contribution < -0.4 is 0 Å². The van der Waals surface area contributed by atoms with E-state index < -0.39 is 0 Å². The standard InChI is InChI=1S/C16H22O4S/c1-12(2)10-15(17)13-4-6-14(7-5-13)21-11-16(18)20-9-8-19-3/h4-7,12H,8-11H2,1-3H3. The van der Waals surface area contributed by atoms with E-state index in [9.17, 15) is 9.59 Å². The van der Waals surface area contributed by atoms with E-state index in [1.54, 1.807) is 7.11 Å². The molecule has 0 N–H and O–H groups in total. The molecule has 0 aromatic heterocycles. The van der Waals surface area contributed by atoms with Crippen LogP contribution >= 0.6 is 11.8 Å². The van der Waals surface area contributed by atoms with E-state index in [0.29, 0.717) is 18.9 Å². The highest BCUT2D eigenvalue weighted by molar-refractivity contribution is 8.00. The lowest BCUT2D eigenvalue weighted by molar-refractivity contribution is -0.141. The van der Waals surface area contributed by atoms with Crippen molar-refractivity contribution >= 4 is 23.5 Å². The Labute approximate surface area is 130 Å². The lowest BCUT2D eigenvalue weighted by Gasteiger charge is -2.06. The summed E-state index contributed by atoms with van der Waals surface area (Å²) < 4.78 is 9.77. The van der Waals surface area contributed by atoms with Crippen LogP contribution in [0, 0.1) is 5.92 Å². The van der Waals surface area contributed by atoms with Crippen molar-refractivity contribution in [3.63, 3.8) is 0 Å². The molecule has 0 heterocycles. The van der Waals surface area contributed by atoms with Crippen LogP contribution in [0.4, 0.5) is 0 Å². The zero-order valence-electron chi connectivity index (χ0n) is 12.8. The van der Waals surface area contributed by atoms with Crippen LogP contribution in [-0.2, 0) is 14.3 Å². The smallest absolute Gasteiger partial charge is 0.316 e. The van der Waals surface area contributed by atoms with Crippen molar-refractivity contribution in [2.45, 2.75) is 25.2 Å². The van der Waals surface area contributed by atoms with Gasteiger partial charge in [-0.15, -0.1) is 11.8 Å². The Kier molecular flexibility index (Phi) is 8.08. The minimum Gasteiger partial charge on any atom is -0.463 e. The first-order valence-electron chi connectivity index (χ1n) is 6.93. The summed E-state index contributed by atoms with van der Waals surface area (Å²) in [6.45, 7) is 4.73. The monoisotopic (exact) mass is 310 g/mol. The van der Waals surface area contributed by atoms with Gasteiger partial charge in [-0.2, -0.15) is 0 Å². The number of ketones is 1. The summed E-state index contributed by atoms with van der Waals surface area (Å²) >= 11 is 1.39. The number of ether oxygens (including phenoxy) is 2. The molecule has 0 amide bonds. The first-order chi connectivity index (χ1) is 10.0. The summed E-state index contributed by atoms with van der Waals surface area (Å²) in [5, 5.41) is 0. The molecule has 0 unspecified atom stereocenters. The fourth-order valence-corrected chi connectivity index (χ4v) is 2.34. The van der Waals surface area contributed by atoms with E-state index in [2.05, 4.69) is 0 Å². The van der Waals surface area contributed by atoms with Crippen LogP contribution in [0.5, 0.6) is 0 Å². The summed E-state index contributed by atoms with van der Waals surface area (Å²) in [6.07, 6.45) is 0.554. The molecule has 1 rings (SSSR count). The van der Waals surface area contributed by atoms with Gasteiger partial charge in [-0.25, -0.2) is 0 Å². The predicted molar refractivity (Wildman–Crippen MR) is 83.8 cm³/mol. The molecule has 0 fully saturated rings. The molecule has 0 aliphatic rings. The Morgan fingerprint density at radius 3 is 2.38 bits per heavy atom. The van der Waals surface area contributed by atoms with E-state index in [1.807, 2.05) is 38.1 Å². The summed E-state index contributed by atoms with van der Waals surface area (Å²) in [4.78, 5) is 24.3. The number of benzene rings is 1. The summed E-state index contributed by atoms with van der Waals surface area (Å²) in [7, 11) is 1.56. The molecule has 4 nitrogen and oxygen atoms in total. The zero-order valence-corrected chi connectivity index (χ0v) is 13.6.